The van der Waals surface area contributed by atoms with Gasteiger partial charge in [-0.2, -0.15) is 0 Å². The van der Waals surface area contributed by atoms with E-state index in [9.17, 15) is 0 Å². The Kier molecular flexibility index (Phi) is 5.43. The summed E-state index contributed by atoms with van der Waals surface area (Å²) in [5.41, 5.74) is 0. The first-order valence-corrected chi connectivity index (χ1v) is 5.76. The van der Waals surface area contributed by atoms with Crippen molar-refractivity contribution in [1.82, 2.24) is 0 Å². The molecule has 0 rings (SSSR count). The van der Waals surface area contributed by atoms with Gasteiger partial charge in [0, 0.05) is 22.5 Å². The minimum atomic E-state index is 0.0129. The fourth-order valence-electron chi connectivity index (χ4n) is 0.570. The number of hydrogen-bond donors (Lipinski definition) is 0. The smallest absolute Gasteiger partial charge is 0.0459 e. The van der Waals surface area contributed by atoms with Gasteiger partial charge in [0.05, 0.1) is 0 Å². The third-order valence-electron chi connectivity index (χ3n) is 1.03. The first-order chi connectivity index (χ1) is 3.77. The molecule has 0 aliphatic rings. The van der Waals surface area contributed by atoms with Gasteiger partial charge in [-0.1, -0.05) is 19.1 Å². The standard InChI is InChI=1S/C6H15OSi/c1-7-5-4-6-8(2)3/h4-6H2,1-3H3. The zero-order valence-corrected chi connectivity index (χ0v) is 7.03. The van der Waals surface area contributed by atoms with E-state index >= 15 is 0 Å². The van der Waals surface area contributed by atoms with Crippen molar-refractivity contribution in [3.63, 3.8) is 0 Å². The summed E-state index contributed by atoms with van der Waals surface area (Å²) in [6.45, 7) is 5.61. The molecule has 0 fully saturated rings. The van der Waals surface area contributed by atoms with Gasteiger partial charge >= 0.3 is 0 Å². The van der Waals surface area contributed by atoms with Crippen molar-refractivity contribution in [2.75, 3.05) is 13.7 Å². The maximum absolute atomic E-state index is 4.91. The van der Waals surface area contributed by atoms with E-state index in [0.29, 0.717) is 0 Å². The lowest BCUT2D eigenvalue weighted by Gasteiger charge is -1.99. The second kappa shape index (κ2) is 5.32. The van der Waals surface area contributed by atoms with Crippen LogP contribution in [0.4, 0.5) is 0 Å². The van der Waals surface area contributed by atoms with Gasteiger partial charge in [0.15, 0.2) is 0 Å². The summed E-state index contributed by atoms with van der Waals surface area (Å²) in [6.07, 6.45) is 1.25. The van der Waals surface area contributed by atoms with Gasteiger partial charge < -0.3 is 4.74 Å². The molecule has 8 heavy (non-hydrogen) atoms. The highest BCUT2D eigenvalue weighted by Crippen LogP contribution is 1.95. The van der Waals surface area contributed by atoms with Crippen LogP contribution in [0.2, 0.25) is 19.1 Å². The molecule has 0 spiro atoms. The Hall–Kier alpha value is 0.177. The summed E-state index contributed by atoms with van der Waals surface area (Å²) in [5, 5.41) is 0. The van der Waals surface area contributed by atoms with Crippen LogP contribution in [-0.4, -0.2) is 22.5 Å². The minimum Gasteiger partial charge on any atom is -0.385 e. The van der Waals surface area contributed by atoms with Gasteiger partial charge in [0.1, 0.15) is 0 Å². The summed E-state index contributed by atoms with van der Waals surface area (Å²) in [7, 11) is 1.77. The maximum Gasteiger partial charge on any atom is 0.0459 e. The molecular weight excluding hydrogens is 116 g/mol. The van der Waals surface area contributed by atoms with Crippen LogP contribution in [0.3, 0.4) is 0 Å². The number of rotatable bonds is 4. The molecule has 0 saturated carbocycles. The van der Waals surface area contributed by atoms with E-state index in [1.807, 2.05) is 0 Å². The van der Waals surface area contributed by atoms with Crippen molar-refractivity contribution in [3.8, 4) is 0 Å². The summed E-state index contributed by atoms with van der Waals surface area (Å²) < 4.78 is 4.91. The Balaban J connectivity index is 2.72. The molecule has 0 aliphatic heterocycles. The van der Waals surface area contributed by atoms with E-state index in [1.165, 1.54) is 12.5 Å². The van der Waals surface area contributed by atoms with Gasteiger partial charge in [0.25, 0.3) is 0 Å². The van der Waals surface area contributed by atoms with Gasteiger partial charge in [-0.15, -0.1) is 0 Å². The van der Waals surface area contributed by atoms with Crippen LogP contribution in [0.25, 0.3) is 0 Å². The second-order valence-corrected chi connectivity index (χ2v) is 5.22. The fraction of sp³-hybridized carbons (Fsp3) is 1.00. The summed E-state index contributed by atoms with van der Waals surface area (Å²) in [4.78, 5) is 0. The Morgan fingerprint density at radius 3 is 2.38 bits per heavy atom. The molecule has 1 radical (unpaired) electrons. The van der Waals surface area contributed by atoms with E-state index in [-0.39, 0.29) is 8.80 Å². The average Bonchev–Trinajstić information content (AvgIpc) is 1.66. The highest BCUT2D eigenvalue weighted by molar-refractivity contribution is 6.55. The van der Waals surface area contributed by atoms with Gasteiger partial charge in [0.2, 0.25) is 0 Å². The molecule has 0 unspecified atom stereocenters. The topological polar surface area (TPSA) is 9.23 Å². The van der Waals surface area contributed by atoms with Crippen LogP contribution < -0.4 is 0 Å². The average molecular weight is 131 g/mol. The Morgan fingerprint density at radius 1 is 1.38 bits per heavy atom. The largest absolute Gasteiger partial charge is 0.385 e. The summed E-state index contributed by atoms with van der Waals surface area (Å²) in [5.74, 6) is 0. The van der Waals surface area contributed by atoms with Gasteiger partial charge in [-0.25, -0.2) is 0 Å². The number of methoxy groups -OCH3 is 1. The van der Waals surface area contributed by atoms with E-state index in [4.69, 9.17) is 4.74 Å². The van der Waals surface area contributed by atoms with Crippen molar-refractivity contribution in [2.24, 2.45) is 0 Å². The Bertz CT molecular complexity index is 45.8. The summed E-state index contributed by atoms with van der Waals surface area (Å²) in [6, 6.07) is 1.39. The van der Waals surface area contributed by atoms with Crippen molar-refractivity contribution in [1.29, 1.82) is 0 Å². The normalized spacial score (nSPS) is 10.5. The van der Waals surface area contributed by atoms with Crippen LogP contribution in [0.15, 0.2) is 0 Å². The van der Waals surface area contributed by atoms with Crippen molar-refractivity contribution < 1.29 is 4.74 Å². The Labute approximate surface area is 53.7 Å². The Morgan fingerprint density at radius 2 is 2.00 bits per heavy atom. The van der Waals surface area contributed by atoms with Crippen molar-refractivity contribution >= 4 is 8.80 Å². The predicted octanol–water partition coefficient (Wildman–Crippen LogP) is 1.78. The molecule has 0 amide bonds. The molecular formula is C6H15OSi. The van der Waals surface area contributed by atoms with E-state index in [1.54, 1.807) is 7.11 Å². The lowest BCUT2D eigenvalue weighted by Crippen LogP contribution is -2.00. The second-order valence-electron chi connectivity index (χ2n) is 2.30. The molecule has 0 aromatic rings. The molecule has 1 nitrogen and oxygen atoms in total. The molecule has 0 aromatic heterocycles. The monoisotopic (exact) mass is 131 g/mol. The van der Waals surface area contributed by atoms with Gasteiger partial charge in [-0.05, 0) is 6.42 Å². The molecule has 0 N–H and O–H groups in total. The molecule has 0 saturated heterocycles. The first kappa shape index (κ1) is 8.18. The van der Waals surface area contributed by atoms with Crippen molar-refractivity contribution in [2.45, 2.75) is 25.6 Å². The van der Waals surface area contributed by atoms with Crippen LogP contribution >= 0.6 is 0 Å². The molecule has 0 aliphatic carbocycles. The molecule has 2 heteroatoms. The minimum absolute atomic E-state index is 0.0129. The number of ether oxygens (including phenoxy) is 1. The fourth-order valence-corrected chi connectivity index (χ4v) is 1.42. The summed E-state index contributed by atoms with van der Waals surface area (Å²) >= 11 is 0. The zero-order valence-electron chi connectivity index (χ0n) is 6.03. The molecule has 0 aromatic carbocycles. The van der Waals surface area contributed by atoms with Gasteiger partial charge in [-0.3, -0.25) is 0 Å². The van der Waals surface area contributed by atoms with E-state index in [2.05, 4.69) is 13.1 Å². The molecule has 0 atom stereocenters. The molecule has 49 valence electrons. The predicted molar refractivity (Wildman–Crippen MR) is 38.8 cm³/mol. The SMILES string of the molecule is COCCC[Si](C)C. The van der Waals surface area contributed by atoms with Crippen molar-refractivity contribution in [3.05, 3.63) is 0 Å². The lowest BCUT2D eigenvalue weighted by atomic mass is 10.5. The van der Waals surface area contributed by atoms with E-state index < -0.39 is 0 Å². The van der Waals surface area contributed by atoms with Crippen LogP contribution in [0.1, 0.15) is 6.42 Å². The molecule has 0 bridgehead atoms. The maximum atomic E-state index is 4.91. The highest BCUT2D eigenvalue weighted by atomic mass is 28.3. The first-order valence-electron chi connectivity index (χ1n) is 3.05. The molecule has 0 heterocycles. The van der Waals surface area contributed by atoms with E-state index in [0.717, 1.165) is 6.61 Å². The van der Waals surface area contributed by atoms with Crippen LogP contribution in [0.5, 0.6) is 0 Å². The quantitative estimate of drug-likeness (QED) is 0.417. The third kappa shape index (κ3) is 6.18. The third-order valence-corrected chi connectivity index (χ3v) is 2.38. The highest BCUT2D eigenvalue weighted by Gasteiger charge is 1.93. The lowest BCUT2D eigenvalue weighted by molar-refractivity contribution is 0.199. The van der Waals surface area contributed by atoms with Crippen LogP contribution in [0, 0.1) is 0 Å². The number of hydrogen-bond acceptors (Lipinski definition) is 1. The zero-order chi connectivity index (χ0) is 6.41. The van der Waals surface area contributed by atoms with Crippen LogP contribution in [-0.2, 0) is 4.74 Å².